The van der Waals surface area contributed by atoms with Crippen LogP contribution in [0.2, 0.25) is 0 Å². The molecule has 1 saturated carbocycles. The Bertz CT molecular complexity index is 391. The van der Waals surface area contributed by atoms with Gasteiger partial charge in [0.2, 0.25) is 0 Å². The fraction of sp³-hybridized carbons (Fsp3) is 0.533. The van der Waals surface area contributed by atoms with Gasteiger partial charge in [0.15, 0.2) is 5.78 Å². The third-order valence-corrected chi connectivity index (χ3v) is 3.58. The monoisotopic (exact) mass is 250 g/mol. The van der Waals surface area contributed by atoms with Crippen molar-refractivity contribution in [3.8, 4) is 0 Å². The quantitative estimate of drug-likeness (QED) is 0.763. The summed E-state index contributed by atoms with van der Waals surface area (Å²) in [6, 6.07) is 5.61. The van der Waals surface area contributed by atoms with Gasteiger partial charge in [0, 0.05) is 5.56 Å². The molecule has 0 aromatic heterocycles. The molecule has 0 saturated heterocycles. The number of Topliss-reactive ketones (excluding diaryl/α,β-unsaturated/α-hetero) is 1. The van der Waals surface area contributed by atoms with Crippen molar-refractivity contribution in [1.29, 1.82) is 0 Å². The molecule has 2 nitrogen and oxygen atoms in total. The average Bonchev–Trinajstić information content (AvgIpc) is 2.38. The summed E-state index contributed by atoms with van der Waals surface area (Å²) in [5, 5.41) is 0. The van der Waals surface area contributed by atoms with E-state index in [-0.39, 0.29) is 24.3 Å². The number of ether oxygens (including phenoxy) is 1. The molecule has 1 aromatic carbocycles. The molecule has 0 unspecified atom stereocenters. The van der Waals surface area contributed by atoms with Crippen molar-refractivity contribution in [2.45, 2.75) is 38.7 Å². The summed E-state index contributed by atoms with van der Waals surface area (Å²) in [6.45, 7) is 2.35. The summed E-state index contributed by atoms with van der Waals surface area (Å²) >= 11 is 0. The molecule has 0 heterocycles. The van der Waals surface area contributed by atoms with Crippen molar-refractivity contribution in [1.82, 2.24) is 0 Å². The third kappa shape index (κ3) is 3.64. The molecule has 1 aliphatic rings. The number of carbonyl (C=O) groups is 1. The van der Waals surface area contributed by atoms with Gasteiger partial charge < -0.3 is 4.74 Å². The molecule has 0 N–H and O–H groups in total. The highest BCUT2D eigenvalue weighted by Crippen LogP contribution is 2.25. The van der Waals surface area contributed by atoms with Crippen molar-refractivity contribution in [3.63, 3.8) is 0 Å². The smallest absolute Gasteiger partial charge is 0.188 e. The van der Waals surface area contributed by atoms with E-state index in [2.05, 4.69) is 6.92 Å². The Labute approximate surface area is 107 Å². The Balaban J connectivity index is 1.79. The van der Waals surface area contributed by atoms with Gasteiger partial charge in [-0.1, -0.05) is 6.92 Å². The summed E-state index contributed by atoms with van der Waals surface area (Å²) in [7, 11) is 0. The summed E-state index contributed by atoms with van der Waals surface area (Å²) < 4.78 is 18.4. The van der Waals surface area contributed by atoms with Gasteiger partial charge in [-0.3, -0.25) is 4.79 Å². The van der Waals surface area contributed by atoms with Crippen molar-refractivity contribution in [3.05, 3.63) is 35.6 Å². The average molecular weight is 250 g/mol. The molecule has 0 bridgehead atoms. The van der Waals surface area contributed by atoms with Crippen LogP contribution in [0, 0.1) is 11.7 Å². The first kappa shape index (κ1) is 13.2. The number of hydrogen-bond donors (Lipinski definition) is 0. The van der Waals surface area contributed by atoms with Gasteiger partial charge in [-0.05, 0) is 55.9 Å². The van der Waals surface area contributed by atoms with Crippen molar-refractivity contribution < 1.29 is 13.9 Å². The van der Waals surface area contributed by atoms with Gasteiger partial charge >= 0.3 is 0 Å². The fourth-order valence-corrected chi connectivity index (χ4v) is 2.31. The minimum atomic E-state index is -0.325. The molecule has 18 heavy (non-hydrogen) atoms. The maximum atomic E-state index is 12.7. The van der Waals surface area contributed by atoms with E-state index in [0.717, 1.165) is 18.8 Å². The largest absolute Gasteiger partial charge is 0.370 e. The Morgan fingerprint density at radius 1 is 1.22 bits per heavy atom. The highest BCUT2D eigenvalue weighted by molar-refractivity contribution is 5.97. The number of hydrogen-bond acceptors (Lipinski definition) is 2. The topological polar surface area (TPSA) is 26.3 Å². The van der Waals surface area contributed by atoms with Crippen molar-refractivity contribution in [2.24, 2.45) is 5.92 Å². The van der Waals surface area contributed by atoms with E-state index in [0.29, 0.717) is 5.56 Å². The number of ketones is 1. The molecule has 2 rings (SSSR count). The lowest BCUT2D eigenvalue weighted by Crippen LogP contribution is -2.23. The minimum absolute atomic E-state index is 0.0754. The summed E-state index contributed by atoms with van der Waals surface area (Å²) in [4.78, 5) is 11.8. The Morgan fingerprint density at radius 3 is 2.44 bits per heavy atom. The zero-order valence-corrected chi connectivity index (χ0v) is 10.7. The van der Waals surface area contributed by atoms with Crippen LogP contribution in [0.25, 0.3) is 0 Å². The summed E-state index contributed by atoms with van der Waals surface area (Å²) in [5.41, 5.74) is 0.514. The van der Waals surface area contributed by atoms with Gasteiger partial charge in [-0.2, -0.15) is 0 Å². The van der Waals surface area contributed by atoms with Crippen LogP contribution >= 0.6 is 0 Å². The zero-order chi connectivity index (χ0) is 13.0. The Morgan fingerprint density at radius 2 is 1.83 bits per heavy atom. The van der Waals surface area contributed by atoms with Gasteiger partial charge in [0.25, 0.3) is 0 Å². The van der Waals surface area contributed by atoms with E-state index in [1.807, 2.05) is 0 Å². The van der Waals surface area contributed by atoms with E-state index in [4.69, 9.17) is 4.74 Å². The summed E-state index contributed by atoms with van der Waals surface area (Å²) in [6.07, 6.45) is 4.64. The van der Waals surface area contributed by atoms with Gasteiger partial charge in [-0.25, -0.2) is 4.39 Å². The summed E-state index contributed by atoms with van der Waals surface area (Å²) in [5.74, 6) is 0.375. The lowest BCUT2D eigenvalue weighted by atomic mass is 9.89. The van der Waals surface area contributed by atoms with Crippen LogP contribution in [0.1, 0.15) is 43.0 Å². The maximum Gasteiger partial charge on any atom is 0.188 e. The standard InChI is InChI=1S/C15H19FO2/c1-11-2-8-14(9-3-11)18-10-15(17)12-4-6-13(16)7-5-12/h4-7,11,14H,2-3,8-10H2,1H3. The molecule has 98 valence electrons. The number of carbonyl (C=O) groups excluding carboxylic acids is 1. The van der Waals surface area contributed by atoms with Crippen LogP contribution in [-0.2, 0) is 4.74 Å². The molecular formula is C15H19FO2. The number of benzene rings is 1. The van der Waals surface area contributed by atoms with Crippen LogP contribution < -0.4 is 0 Å². The van der Waals surface area contributed by atoms with E-state index in [1.54, 1.807) is 0 Å². The Hall–Kier alpha value is -1.22. The molecule has 1 aromatic rings. The van der Waals surface area contributed by atoms with Gasteiger partial charge in [0.1, 0.15) is 12.4 Å². The molecule has 1 aliphatic carbocycles. The van der Waals surface area contributed by atoms with E-state index < -0.39 is 0 Å². The van der Waals surface area contributed by atoms with E-state index >= 15 is 0 Å². The first-order chi connectivity index (χ1) is 8.65. The normalized spacial score (nSPS) is 23.9. The zero-order valence-electron chi connectivity index (χ0n) is 10.7. The van der Waals surface area contributed by atoms with Crippen LogP contribution in [0.5, 0.6) is 0 Å². The van der Waals surface area contributed by atoms with Crippen LogP contribution in [0.4, 0.5) is 4.39 Å². The second kappa shape index (κ2) is 6.10. The molecular weight excluding hydrogens is 231 g/mol. The van der Waals surface area contributed by atoms with E-state index in [1.165, 1.54) is 37.1 Å². The maximum absolute atomic E-state index is 12.7. The predicted octanol–water partition coefficient (Wildman–Crippen LogP) is 3.60. The highest BCUT2D eigenvalue weighted by Gasteiger charge is 2.19. The second-order valence-electron chi connectivity index (χ2n) is 5.12. The van der Waals surface area contributed by atoms with Crippen LogP contribution in [-0.4, -0.2) is 18.5 Å². The van der Waals surface area contributed by atoms with Gasteiger partial charge in [0.05, 0.1) is 6.10 Å². The minimum Gasteiger partial charge on any atom is -0.370 e. The highest BCUT2D eigenvalue weighted by atomic mass is 19.1. The lowest BCUT2D eigenvalue weighted by Gasteiger charge is -2.25. The van der Waals surface area contributed by atoms with Crippen molar-refractivity contribution in [2.75, 3.05) is 6.61 Å². The van der Waals surface area contributed by atoms with Gasteiger partial charge in [-0.15, -0.1) is 0 Å². The molecule has 0 spiro atoms. The van der Waals surface area contributed by atoms with Crippen molar-refractivity contribution >= 4 is 5.78 Å². The number of rotatable bonds is 4. The Kier molecular flexibility index (Phi) is 4.48. The van der Waals surface area contributed by atoms with Crippen LogP contribution in [0.15, 0.2) is 24.3 Å². The predicted molar refractivity (Wildman–Crippen MR) is 68.1 cm³/mol. The lowest BCUT2D eigenvalue weighted by molar-refractivity contribution is 0.0217. The van der Waals surface area contributed by atoms with Crippen LogP contribution in [0.3, 0.4) is 0 Å². The number of halogens is 1. The first-order valence-corrected chi connectivity index (χ1v) is 6.55. The molecule has 0 atom stereocenters. The fourth-order valence-electron chi connectivity index (χ4n) is 2.31. The first-order valence-electron chi connectivity index (χ1n) is 6.55. The molecule has 1 fully saturated rings. The second-order valence-corrected chi connectivity index (χ2v) is 5.12. The molecule has 0 aliphatic heterocycles. The molecule has 3 heteroatoms. The molecule has 0 radical (unpaired) electrons. The SMILES string of the molecule is CC1CCC(OCC(=O)c2ccc(F)cc2)CC1. The van der Waals surface area contributed by atoms with E-state index in [9.17, 15) is 9.18 Å². The third-order valence-electron chi connectivity index (χ3n) is 3.58. The molecule has 0 amide bonds.